The highest BCUT2D eigenvalue weighted by molar-refractivity contribution is 4.98. The van der Waals surface area contributed by atoms with E-state index in [-0.39, 0.29) is 5.92 Å². The first-order valence-electron chi connectivity index (χ1n) is 2.83. The fourth-order valence-corrected chi connectivity index (χ4v) is 0.887. The Bertz CT molecular complexity index is 127. The molecule has 0 aromatic heterocycles. The Morgan fingerprint density at radius 1 is 1.88 bits per heavy atom. The number of aliphatic hydroxyl groups is 1. The van der Waals surface area contributed by atoms with Crippen LogP contribution in [0.2, 0.25) is 0 Å². The summed E-state index contributed by atoms with van der Waals surface area (Å²) in [5.74, 6) is 0.852. The Labute approximate surface area is 48.7 Å². The molecular weight excluding hydrogens is 102 g/mol. The van der Waals surface area contributed by atoms with E-state index in [2.05, 4.69) is 0 Å². The third kappa shape index (κ3) is 0.823. The van der Waals surface area contributed by atoms with Gasteiger partial charge in [0, 0.05) is 5.92 Å². The predicted molar refractivity (Wildman–Crippen MR) is 28.9 cm³/mol. The molecule has 1 rings (SSSR count). The van der Waals surface area contributed by atoms with Gasteiger partial charge in [0.25, 0.3) is 0 Å². The Kier molecular flexibility index (Phi) is 1.22. The lowest BCUT2D eigenvalue weighted by molar-refractivity contribution is 0.201. The van der Waals surface area contributed by atoms with E-state index >= 15 is 0 Å². The number of nitrogens with zero attached hydrogens (tertiary/aromatic N) is 1. The molecule has 1 saturated carbocycles. The Hall–Kier alpha value is -0.550. The zero-order valence-electron chi connectivity index (χ0n) is 4.83. The molecule has 44 valence electrons. The van der Waals surface area contributed by atoms with Crippen molar-refractivity contribution in [3.8, 4) is 6.07 Å². The Morgan fingerprint density at radius 3 is 2.50 bits per heavy atom. The maximum absolute atomic E-state index is 8.81. The summed E-state index contributed by atoms with van der Waals surface area (Å²) in [6.45, 7) is 2.05. The van der Waals surface area contributed by atoms with Crippen molar-refractivity contribution in [3.05, 3.63) is 0 Å². The van der Waals surface area contributed by atoms with E-state index in [1.807, 2.05) is 13.0 Å². The van der Waals surface area contributed by atoms with E-state index in [4.69, 9.17) is 10.4 Å². The lowest BCUT2D eigenvalue weighted by Crippen LogP contribution is -2.05. The summed E-state index contributed by atoms with van der Waals surface area (Å²) in [6.07, 6.45) is 0.319. The van der Waals surface area contributed by atoms with Gasteiger partial charge in [-0.2, -0.15) is 5.26 Å². The van der Waals surface area contributed by atoms with Crippen molar-refractivity contribution < 1.29 is 5.11 Å². The minimum absolute atomic E-state index is 0.278. The summed E-state index contributed by atoms with van der Waals surface area (Å²) in [5, 5.41) is 17.0. The molecule has 2 heteroatoms. The van der Waals surface area contributed by atoms with Crippen LogP contribution in [0, 0.1) is 23.2 Å². The SMILES string of the molecule is C[C@@H]1C[C@H]1C(O)C#N. The van der Waals surface area contributed by atoms with Crippen LogP contribution in [0.1, 0.15) is 13.3 Å². The van der Waals surface area contributed by atoms with Crippen LogP contribution in [0.4, 0.5) is 0 Å². The molecule has 0 spiro atoms. The summed E-state index contributed by atoms with van der Waals surface area (Å²) in [7, 11) is 0. The number of nitriles is 1. The molecule has 0 bridgehead atoms. The van der Waals surface area contributed by atoms with Gasteiger partial charge in [0.05, 0.1) is 6.07 Å². The summed E-state index contributed by atoms with van der Waals surface area (Å²) in [6, 6.07) is 1.81. The average molecular weight is 111 g/mol. The third-order valence-electron chi connectivity index (χ3n) is 1.71. The van der Waals surface area contributed by atoms with Crippen LogP contribution in [-0.2, 0) is 0 Å². The van der Waals surface area contributed by atoms with Crippen molar-refractivity contribution in [1.82, 2.24) is 0 Å². The molecule has 1 N–H and O–H groups in total. The van der Waals surface area contributed by atoms with Gasteiger partial charge >= 0.3 is 0 Å². The van der Waals surface area contributed by atoms with Gasteiger partial charge in [0.15, 0.2) is 0 Å². The van der Waals surface area contributed by atoms with Gasteiger partial charge in [0.1, 0.15) is 6.10 Å². The van der Waals surface area contributed by atoms with E-state index in [1.54, 1.807) is 0 Å². The lowest BCUT2D eigenvalue weighted by atomic mass is 10.2. The molecule has 0 aromatic rings. The summed E-state index contributed by atoms with van der Waals surface area (Å²) < 4.78 is 0. The number of hydrogen-bond donors (Lipinski definition) is 1. The van der Waals surface area contributed by atoms with Gasteiger partial charge in [0.2, 0.25) is 0 Å². The van der Waals surface area contributed by atoms with Crippen LogP contribution in [0.15, 0.2) is 0 Å². The van der Waals surface area contributed by atoms with Crippen LogP contribution in [0.25, 0.3) is 0 Å². The summed E-state index contributed by atoms with van der Waals surface area (Å²) in [5.41, 5.74) is 0. The fraction of sp³-hybridized carbons (Fsp3) is 0.833. The molecule has 1 aliphatic rings. The highest BCUT2D eigenvalue weighted by atomic mass is 16.3. The minimum Gasteiger partial charge on any atom is -0.378 e. The largest absolute Gasteiger partial charge is 0.378 e. The van der Waals surface area contributed by atoms with Crippen molar-refractivity contribution in [2.45, 2.75) is 19.4 Å². The standard InChI is InChI=1S/C6H9NO/c1-4-2-5(4)6(8)3-7/h4-6,8H,2H2,1H3/t4-,5-,6?/m1/s1. The van der Waals surface area contributed by atoms with Gasteiger partial charge in [-0.25, -0.2) is 0 Å². The normalized spacial score (nSPS) is 38.1. The number of hydrogen-bond acceptors (Lipinski definition) is 2. The Morgan fingerprint density at radius 2 is 2.38 bits per heavy atom. The first-order chi connectivity index (χ1) is 3.75. The van der Waals surface area contributed by atoms with Crippen molar-refractivity contribution in [1.29, 1.82) is 5.26 Å². The molecule has 1 unspecified atom stereocenters. The highest BCUT2D eigenvalue weighted by Crippen LogP contribution is 2.40. The zero-order chi connectivity index (χ0) is 6.15. The highest BCUT2D eigenvalue weighted by Gasteiger charge is 2.38. The van der Waals surface area contributed by atoms with Gasteiger partial charge < -0.3 is 5.11 Å². The quantitative estimate of drug-likeness (QED) is 0.501. The van der Waals surface area contributed by atoms with Crippen LogP contribution in [-0.4, -0.2) is 11.2 Å². The molecule has 3 atom stereocenters. The minimum atomic E-state index is -0.704. The summed E-state index contributed by atoms with van der Waals surface area (Å²) in [4.78, 5) is 0. The molecule has 0 heterocycles. The first kappa shape index (κ1) is 5.58. The molecule has 0 radical (unpaired) electrons. The predicted octanol–water partition coefficient (Wildman–Crippen LogP) is 0.527. The second-order valence-corrected chi connectivity index (χ2v) is 2.45. The van der Waals surface area contributed by atoms with E-state index < -0.39 is 6.10 Å². The van der Waals surface area contributed by atoms with Crippen molar-refractivity contribution in [2.24, 2.45) is 11.8 Å². The molecule has 2 nitrogen and oxygen atoms in total. The molecule has 0 aliphatic heterocycles. The van der Waals surface area contributed by atoms with Crippen LogP contribution >= 0.6 is 0 Å². The maximum Gasteiger partial charge on any atom is 0.143 e. The molecule has 1 fully saturated rings. The van der Waals surface area contributed by atoms with E-state index in [9.17, 15) is 0 Å². The average Bonchev–Trinajstić information content (AvgIpc) is 2.45. The summed E-state index contributed by atoms with van der Waals surface area (Å²) >= 11 is 0. The van der Waals surface area contributed by atoms with Gasteiger partial charge in [-0.05, 0) is 12.3 Å². The van der Waals surface area contributed by atoms with Gasteiger partial charge in [-0.15, -0.1) is 0 Å². The molecule has 0 amide bonds. The molecule has 0 aromatic carbocycles. The van der Waals surface area contributed by atoms with Crippen molar-refractivity contribution in [3.63, 3.8) is 0 Å². The third-order valence-corrected chi connectivity index (χ3v) is 1.71. The fourth-order valence-electron chi connectivity index (χ4n) is 0.887. The van der Waals surface area contributed by atoms with Crippen LogP contribution in [0.5, 0.6) is 0 Å². The van der Waals surface area contributed by atoms with Crippen molar-refractivity contribution in [2.75, 3.05) is 0 Å². The van der Waals surface area contributed by atoms with E-state index in [0.29, 0.717) is 5.92 Å². The van der Waals surface area contributed by atoms with Gasteiger partial charge in [-0.3, -0.25) is 0 Å². The monoisotopic (exact) mass is 111 g/mol. The van der Waals surface area contributed by atoms with E-state index in [0.717, 1.165) is 6.42 Å². The van der Waals surface area contributed by atoms with E-state index in [1.165, 1.54) is 0 Å². The maximum atomic E-state index is 8.81. The van der Waals surface area contributed by atoms with Crippen LogP contribution < -0.4 is 0 Å². The Balaban J connectivity index is 2.31. The zero-order valence-corrected chi connectivity index (χ0v) is 4.83. The van der Waals surface area contributed by atoms with Crippen molar-refractivity contribution >= 4 is 0 Å². The molecular formula is C6H9NO. The molecule has 0 saturated heterocycles. The first-order valence-corrected chi connectivity index (χ1v) is 2.83. The lowest BCUT2D eigenvalue weighted by Gasteiger charge is -1.93. The van der Waals surface area contributed by atoms with Gasteiger partial charge in [-0.1, -0.05) is 6.92 Å². The number of aliphatic hydroxyl groups excluding tert-OH is 1. The molecule has 8 heavy (non-hydrogen) atoms. The smallest absolute Gasteiger partial charge is 0.143 e. The number of rotatable bonds is 1. The second kappa shape index (κ2) is 1.75. The van der Waals surface area contributed by atoms with Crippen LogP contribution in [0.3, 0.4) is 0 Å². The second-order valence-electron chi connectivity index (χ2n) is 2.45. The molecule has 1 aliphatic carbocycles. The topological polar surface area (TPSA) is 44.0 Å².